The molecular formula is C19H29BO4. The van der Waals surface area contributed by atoms with E-state index < -0.39 is 0 Å². The summed E-state index contributed by atoms with van der Waals surface area (Å²) >= 11 is 0. The van der Waals surface area contributed by atoms with Crippen LogP contribution in [-0.4, -0.2) is 38.1 Å². The van der Waals surface area contributed by atoms with Crippen LogP contribution in [0.5, 0.6) is 5.75 Å². The summed E-state index contributed by atoms with van der Waals surface area (Å²) in [5.74, 6) is 0.901. The van der Waals surface area contributed by atoms with Gasteiger partial charge in [-0.1, -0.05) is 6.92 Å². The predicted molar refractivity (Wildman–Crippen MR) is 96.1 cm³/mol. The highest BCUT2D eigenvalue weighted by molar-refractivity contribution is 6.63. The van der Waals surface area contributed by atoms with Gasteiger partial charge in [-0.25, -0.2) is 0 Å². The number of aryl methyl sites for hydroxylation is 2. The van der Waals surface area contributed by atoms with Crippen molar-refractivity contribution in [2.75, 3.05) is 19.8 Å². The molecule has 5 heteroatoms. The van der Waals surface area contributed by atoms with Gasteiger partial charge in [0.2, 0.25) is 0 Å². The molecule has 0 bridgehead atoms. The van der Waals surface area contributed by atoms with E-state index in [0.29, 0.717) is 6.61 Å². The molecule has 1 aromatic rings. The first kappa shape index (κ1) is 17.8. The van der Waals surface area contributed by atoms with Crippen molar-refractivity contribution in [3.05, 3.63) is 23.3 Å². The van der Waals surface area contributed by atoms with E-state index in [-0.39, 0.29) is 23.7 Å². The Kier molecular flexibility index (Phi) is 4.26. The Labute approximate surface area is 146 Å². The summed E-state index contributed by atoms with van der Waals surface area (Å²) in [6.45, 7) is 16.9. The van der Waals surface area contributed by atoms with Crippen LogP contribution in [0.1, 0.15) is 45.7 Å². The second-order valence-corrected chi connectivity index (χ2v) is 8.65. The molecule has 0 amide bonds. The van der Waals surface area contributed by atoms with Gasteiger partial charge in [0, 0.05) is 5.41 Å². The lowest BCUT2D eigenvalue weighted by molar-refractivity contribution is -0.120. The molecule has 132 valence electrons. The number of benzene rings is 1. The average Bonchev–Trinajstić information content (AvgIpc) is 2.62. The summed E-state index contributed by atoms with van der Waals surface area (Å²) in [7, 11) is -0.332. The SMILES string of the molecule is Cc1cc(OCC2(C)COC2)cc(C)c1B1OC(C)(C)C(C)(C)O1. The van der Waals surface area contributed by atoms with Crippen LogP contribution in [0.4, 0.5) is 0 Å². The van der Waals surface area contributed by atoms with Gasteiger partial charge in [-0.2, -0.15) is 0 Å². The smallest absolute Gasteiger partial charge is 0.493 e. The largest absolute Gasteiger partial charge is 0.495 e. The standard InChI is InChI=1S/C19H29BO4/c1-13-8-15(22-12-19(7)10-21-11-19)9-14(2)16(13)20-23-17(3,4)18(5,6)24-20/h8-9H,10-12H2,1-7H3. The zero-order valence-electron chi connectivity index (χ0n) is 16.0. The van der Waals surface area contributed by atoms with Crippen molar-refractivity contribution in [3.63, 3.8) is 0 Å². The van der Waals surface area contributed by atoms with E-state index in [9.17, 15) is 0 Å². The molecule has 0 N–H and O–H groups in total. The third-order valence-corrected chi connectivity index (χ3v) is 5.54. The first-order chi connectivity index (χ1) is 11.0. The van der Waals surface area contributed by atoms with Crippen LogP contribution >= 0.6 is 0 Å². The highest BCUT2D eigenvalue weighted by Crippen LogP contribution is 2.37. The summed E-state index contributed by atoms with van der Waals surface area (Å²) in [5, 5.41) is 0. The van der Waals surface area contributed by atoms with Gasteiger partial charge in [-0.05, 0) is 70.3 Å². The Morgan fingerprint density at radius 1 is 0.958 bits per heavy atom. The first-order valence-corrected chi connectivity index (χ1v) is 8.70. The number of hydrogen-bond acceptors (Lipinski definition) is 4. The Morgan fingerprint density at radius 2 is 1.46 bits per heavy atom. The van der Waals surface area contributed by atoms with E-state index >= 15 is 0 Å². The molecule has 4 nitrogen and oxygen atoms in total. The quantitative estimate of drug-likeness (QED) is 0.795. The van der Waals surface area contributed by atoms with Crippen molar-refractivity contribution in [2.45, 2.75) is 59.7 Å². The molecule has 2 heterocycles. The topological polar surface area (TPSA) is 36.9 Å². The van der Waals surface area contributed by atoms with Crippen molar-refractivity contribution >= 4 is 12.6 Å². The molecule has 0 atom stereocenters. The minimum absolute atomic E-state index is 0.145. The van der Waals surface area contributed by atoms with Crippen LogP contribution in [0.25, 0.3) is 0 Å². The van der Waals surface area contributed by atoms with Crippen LogP contribution < -0.4 is 10.2 Å². The molecule has 2 aliphatic rings. The van der Waals surface area contributed by atoms with Crippen molar-refractivity contribution in [2.24, 2.45) is 5.41 Å². The molecule has 2 saturated heterocycles. The highest BCUT2D eigenvalue weighted by atomic mass is 16.7. The molecule has 1 aromatic carbocycles. The molecule has 0 aromatic heterocycles. The summed E-state index contributed by atoms with van der Waals surface area (Å²) in [6, 6.07) is 4.16. The molecule has 0 radical (unpaired) electrons. The van der Waals surface area contributed by atoms with Crippen LogP contribution in [0, 0.1) is 19.3 Å². The third kappa shape index (κ3) is 3.09. The zero-order chi connectivity index (χ0) is 17.8. The molecule has 3 rings (SSSR count). The third-order valence-electron chi connectivity index (χ3n) is 5.54. The molecule has 0 aliphatic carbocycles. The van der Waals surface area contributed by atoms with E-state index in [1.165, 1.54) is 0 Å². The number of hydrogen-bond donors (Lipinski definition) is 0. The lowest BCUT2D eigenvalue weighted by Crippen LogP contribution is -2.44. The second-order valence-electron chi connectivity index (χ2n) is 8.65. The fourth-order valence-corrected chi connectivity index (χ4v) is 3.14. The minimum atomic E-state index is -0.332. The molecule has 0 saturated carbocycles. The summed E-state index contributed by atoms with van der Waals surface area (Å²) in [4.78, 5) is 0. The Hall–Kier alpha value is -1.04. The summed E-state index contributed by atoms with van der Waals surface area (Å²) in [5.41, 5.74) is 2.87. The van der Waals surface area contributed by atoms with Crippen molar-refractivity contribution in [1.82, 2.24) is 0 Å². The fourth-order valence-electron chi connectivity index (χ4n) is 3.14. The van der Waals surface area contributed by atoms with E-state index in [1.807, 2.05) is 0 Å². The van der Waals surface area contributed by atoms with E-state index in [4.69, 9.17) is 18.8 Å². The van der Waals surface area contributed by atoms with Crippen LogP contribution in [0.15, 0.2) is 12.1 Å². The Balaban J connectivity index is 1.78. The van der Waals surface area contributed by atoms with E-state index in [0.717, 1.165) is 35.6 Å². The summed E-state index contributed by atoms with van der Waals surface area (Å²) < 4.78 is 23.7. The normalized spacial score (nSPS) is 23.9. The second kappa shape index (κ2) is 5.75. The molecule has 24 heavy (non-hydrogen) atoms. The highest BCUT2D eigenvalue weighted by Gasteiger charge is 2.52. The number of ether oxygens (including phenoxy) is 2. The van der Waals surface area contributed by atoms with Gasteiger partial charge in [0.1, 0.15) is 5.75 Å². The maximum Gasteiger partial charge on any atom is 0.495 e. The maximum absolute atomic E-state index is 6.21. The molecule has 0 unspecified atom stereocenters. The Morgan fingerprint density at radius 3 is 1.88 bits per heavy atom. The van der Waals surface area contributed by atoms with Gasteiger partial charge in [-0.3, -0.25) is 0 Å². The maximum atomic E-state index is 6.21. The first-order valence-electron chi connectivity index (χ1n) is 8.70. The van der Waals surface area contributed by atoms with Crippen LogP contribution in [-0.2, 0) is 14.0 Å². The zero-order valence-corrected chi connectivity index (χ0v) is 16.0. The van der Waals surface area contributed by atoms with E-state index in [2.05, 4.69) is 60.6 Å². The van der Waals surface area contributed by atoms with Crippen molar-refractivity contribution in [1.29, 1.82) is 0 Å². The van der Waals surface area contributed by atoms with E-state index in [1.54, 1.807) is 0 Å². The Bertz CT molecular complexity index is 595. The number of rotatable bonds is 4. The van der Waals surface area contributed by atoms with Crippen molar-refractivity contribution in [3.8, 4) is 5.75 Å². The lowest BCUT2D eigenvalue weighted by atomic mass is 9.73. The van der Waals surface area contributed by atoms with Crippen molar-refractivity contribution < 1.29 is 18.8 Å². The molecule has 2 fully saturated rings. The van der Waals surface area contributed by atoms with Gasteiger partial charge in [0.25, 0.3) is 0 Å². The lowest BCUT2D eigenvalue weighted by Gasteiger charge is -2.37. The minimum Gasteiger partial charge on any atom is -0.493 e. The average molecular weight is 332 g/mol. The van der Waals surface area contributed by atoms with Gasteiger partial charge >= 0.3 is 7.12 Å². The molecule has 0 spiro atoms. The summed E-state index contributed by atoms with van der Waals surface area (Å²) in [6.07, 6.45) is 0. The fraction of sp³-hybridized carbons (Fsp3) is 0.684. The van der Waals surface area contributed by atoms with Gasteiger partial charge in [0.05, 0.1) is 31.0 Å². The molecule has 2 aliphatic heterocycles. The predicted octanol–water partition coefficient (Wildman–Crippen LogP) is 3.02. The monoisotopic (exact) mass is 332 g/mol. The van der Waals surface area contributed by atoms with Crippen LogP contribution in [0.3, 0.4) is 0 Å². The van der Waals surface area contributed by atoms with Gasteiger partial charge < -0.3 is 18.8 Å². The van der Waals surface area contributed by atoms with Crippen LogP contribution in [0.2, 0.25) is 0 Å². The van der Waals surface area contributed by atoms with Gasteiger partial charge in [-0.15, -0.1) is 0 Å². The van der Waals surface area contributed by atoms with Gasteiger partial charge in [0.15, 0.2) is 0 Å². The molecular weight excluding hydrogens is 303 g/mol.